The van der Waals surface area contributed by atoms with Gasteiger partial charge in [0.05, 0.1) is 17.4 Å². The van der Waals surface area contributed by atoms with E-state index in [2.05, 4.69) is 4.98 Å². The summed E-state index contributed by atoms with van der Waals surface area (Å²) in [6.45, 7) is 1.31. The number of carbonyl (C=O) groups excluding carboxylic acids is 2. The Hall–Kier alpha value is -3.61. The molecule has 1 spiro atoms. The van der Waals surface area contributed by atoms with Crippen molar-refractivity contribution in [1.29, 1.82) is 0 Å². The summed E-state index contributed by atoms with van der Waals surface area (Å²) in [6, 6.07) is 4.90. The Labute approximate surface area is 196 Å². The van der Waals surface area contributed by atoms with E-state index < -0.39 is 40.6 Å². The van der Waals surface area contributed by atoms with E-state index in [1.807, 2.05) is 0 Å². The highest BCUT2D eigenvalue weighted by atomic mass is 32.1. The van der Waals surface area contributed by atoms with Gasteiger partial charge in [-0.25, -0.2) is 9.37 Å². The van der Waals surface area contributed by atoms with Gasteiger partial charge in [-0.1, -0.05) is 0 Å². The molecular weight excluding hydrogens is 480 g/mol. The second kappa shape index (κ2) is 8.97. The quantitative estimate of drug-likeness (QED) is 0.378. The Morgan fingerprint density at radius 2 is 1.88 bits per heavy atom. The second-order valence-corrected chi connectivity index (χ2v) is 8.00. The van der Waals surface area contributed by atoms with Crippen molar-refractivity contribution in [3.8, 4) is 0 Å². The zero-order chi connectivity index (χ0) is 25.4. The standard InChI is InChI=1S/C20H16F4N4O2S.CH2O2/c1-10-7-11(3-4-14(10)21)28-18(31)27(17(30)19(28)5-2-6-19)12-8-13(20(22,23)24)15(16(25)29)26-9-12;2-1-3/h3-4,7-9H,2,5-6H2,1H3,(H2,25,29);1H,(H,2,3). The minimum Gasteiger partial charge on any atom is -0.483 e. The number of halogens is 4. The van der Waals surface area contributed by atoms with Crippen molar-refractivity contribution in [2.24, 2.45) is 5.73 Å². The first-order chi connectivity index (χ1) is 15.9. The van der Waals surface area contributed by atoms with Gasteiger partial charge in [0.1, 0.15) is 17.1 Å². The molecule has 1 aliphatic carbocycles. The summed E-state index contributed by atoms with van der Waals surface area (Å²) in [5, 5.41) is 6.84. The summed E-state index contributed by atoms with van der Waals surface area (Å²) in [7, 11) is 0. The van der Waals surface area contributed by atoms with E-state index in [-0.39, 0.29) is 17.3 Å². The Morgan fingerprint density at radius 3 is 2.35 bits per heavy atom. The molecule has 1 saturated heterocycles. The van der Waals surface area contributed by atoms with Crippen molar-refractivity contribution in [3.63, 3.8) is 0 Å². The number of nitrogens with two attached hydrogens (primary N) is 1. The predicted molar refractivity (Wildman–Crippen MR) is 117 cm³/mol. The van der Waals surface area contributed by atoms with Gasteiger partial charge in [0, 0.05) is 5.69 Å². The number of thiocarbonyl (C=S) groups is 1. The van der Waals surface area contributed by atoms with Crippen LogP contribution in [0.3, 0.4) is 0 Å². The molecule has 180 valence electrons. The van der Waals surface area contributed by atoms with Crippen molar-refractivity contribution in [2.75, 3.05) is 9.80 Å². The van der Waals surface area contributed by atoms with Crippen LogP contribution in [0.5, 0.6) is 0 Å². The molecule has 13 heteroatoms. The lowest BCUT2D eigenvalue weighted by molar-refractivity contribution is -0.138. The number of hydrogen-bond donors (Lipinski definition) is 2. The van der Waals surface area contributed by atoms with Gasteiger partial charge in [0.15, 0.2) is 5.11 Å². The summed E-state index contributed by atoms with van der Waals surface area (Å²) in [4.78, 5) is 39.2. The van der Waals surface area contributed by atoms with Crippen LogP contribution in [0.25, 0.3) is 0 Å². The molecule has 0 bridgehead atoms. The number of carbonyl (C=O) groups is 3. The van der Waals surface area contributed by atoms with Gasteiger partial charge in [-0.2, -0.15) is 13.2 Å². The van der Waals surface area contributed by atoms with Crippen molar-refractivity contribution in [2.45, 2.75) is 37.9 Å². The molecule has 34 heavy (non-hydrogen) atoms. The molecule has 1 aromatic heterocycles. The predicted octanol–water partition coefficient (Wildman–Crippen LogP) is 3.41. The lowest BCUT2D eigenvalue weighted by Gasteiger charge is -2.43. The molecule has 3 N–H and O–H groups in total. The van der Waals surface area contributed by atoms with E-state index in [1.165, 1.54) is 18.2 Å². The zero-order valence-corrected chi connectivity index (χ0v) is 18.4. The summed E-state index contributed by atoms with van der Waals surface area (Å²) in [5.74, 6) is -2.26. The maximum absolute atomic E-state index is 13.8. The van der Waals surface area contributed by atoms with E-state index in [0.717, 1.165) is 17.5 Å². The molecule has 2 aromatic rings. The summed E-state index contributed by atoms with van der Waals surface area (Å²) in [6.07, 6.45) is -2.34. The smallest absolute Gasteiger partial charge is 0.418 e. The van der Waals surface area contributed by atoms with Crippen LogP contribution in [0.2, 0.25) is 0 Å². The van der Waals surface area contributed by atoms with E-state index >= 15 is 0 Å². The Kier molecular flexibility index (Phi) is 6.60. The van der Waals surface area contributed by atoms with E-state index in [1.54, 1.807) is 11.8 Å². The average Bonchev–Trinajstić information content (AvgIpc) is 2.96. The fraction of sp³-hybridized carbons (Fsp3) is 0.286. The molecule has 2 heterocycles. The van der Waals surface area contributed by atoms with Crippen molar-refractivity contribution in [3.05, 3.63) is 53.1 Å². The lowest BCUT2D eigenvalue weighted by atomic mass is 9.75. The normalized spacial score (nSPS) is 16.7. The maximum atomic E-state index is 13.8. The number of hydrogen-bond acceptors (Lipinski definition) is 5. The zero-order valence-electron chi connectivity index (χ0n) is 17.6. The molecule has 4 rings (SSSR count). The molecule has 0 atom stereocenters. The number of pyridine rings is 1. The third-order valence-electron chi connectivity index (χ3n) is 5.66. The molecule has 2 aliphatic rings. The first-order valence-corrected chi connectivity index (χ1v) is 10.2. The number of primary amides is 1. The summed E-state index contributed by atoms with van der Waals surface area (Å²) < 4.78 is 54.2. The van der Waals surface area contributed by atoms with Crippen LogP contribution in [0.4, 0.5) is 28.9 Å². The van der Waals surface area contributed by atoms with Crippen LogP contribution in [-0.2, 0) is 15.8 Å². The Morgan fingerprint density at radius 1 is 1.26 bits per heavy atom. The van der Waals surface area contributed by atoms with Gasteiger partial charge >= 0.3 is 6.18 Å². The molecule has 0 unspecified atom stereocenters. The van der Waals surface area contributed by atoms with Crippen molar-refractivity contribution in [1.82, 2.24) is 4.98 Å². The molecule has 1 saturated carbocycles. The van der Waals surface area contributed by atoms with Gasteiger partial charge in [-0.15, -0.1) is 0 Å². The molecule has 0 radical (unpaired) electrons. The lowest BCUT2D eigenvalue weighted by Crippen LogP contribution is -2.55. The van der Waals surface area contributed by atoms with Crippen LogP contribution in [-0.4, -0.2) is 39.0 Å². The Bertz CT molecular complexity index is 1180. The minimum atomic E-state index is -4.92. The molecule has 1 aromatic carbocycles. The van der Waals surface area contributed by atoms with Gasteiger partial charge in [0.25, 0.3) is 18.3 Å². The number of anilines is 2. The topological polar surface area (TPSA) is 117 Å². The Balaban J connectivity index is 0.00000103. The molecule has 2 amide bonds. The number of aromatic nitrogens is 1. The highest BCUT2D eigenvalue weighted by Gasteiger charge is 2.59. The molecule has 8 nitrogen and oxygen atoms in total. The van der Waals surface area contributed by atoms with Gasteiger partial charge < -0.3 is 15.7 Å². The summed E-state index contributed by atoms with van der Waals surface area (Å²) in [5.41, 5.74) is 2.25. The SMILES string of the molecule is Cc1cc(N2C(=S)N(c3cnc(C(N)=O)c(C(F)(F)F)c3)C(=O)C23CCC3)ccc1F.O=CO. The minimum absolute atomic E-state index is 0.0440. The number of aryl methyl sites for hydroxylation is 1. The van der Waals surface area contributed by atoms with Gasteiger partial charge in [-0.3, -0.25) is 19.3 Å². The van der Waals surface area contributed by atoms with Crippen LogP contribution < -0.4 is 15.5 Å². The van der Waals surface area contributed by atoms with Crippen LogP contribution in [0, 0.1) is 12.7 Å². The average molecular weight is 498 g/mol. The molecule has 1 aliphatic heterocycles. The summed E-state index contributed by atoms with van der Waals surface area (Å²) >= 11 is 5.49. The van der Waals surface area contributed by atoms with Crippen LogP contribution in [0.15, 0.2) is 30.5 Å². The van der Waals surface area contributed by atoms with Gasteiger partial charge in [0.2, 0.25) is 0 Å². The van der Waals surface area contributed by atoms with Crippen molar-refractivity contribution < 1.29 is 37.1 Å². The van der Waals surface area contributed by atoms with Gasteiger partial charge in [-0.05, 0) is 68.2 Å². The molecular formula is C21H18F4N4O4S. The highest BCUT2D eigenvalue weighted by Crippen LogP contribution is 2.48. The van der Waals surface area contributed by atoms with Crippen molar-refractivity contribution >= 4 is 47.0 Å². The first kappa shape index (κ1) is 25.0. The highest BCUT2D eigenvalue weighted by molar-refractivity contribution is 7.81. The largest absolute Gasteiger partial charge is 0.483 e. The number of benzene rings is 1. The maximum Gasteiger partial charge on any atom is 0.418 e. The monoisotopic (exact) mass is 498 g/mol. The number of carboxylic acid groups (broad SMARTS) is 1. The number of alkyl halides is 3. The van der Waals surface area contributed by atoms with E-state index in [0.29, 0.717) is 30.2 Å². The third kappa shape index (κ3) is 4.06. The third-order valence-corrected chi connectivity index (χ3v) is 6.03. The first-order valence-electron chi connectivity index (χ1n) is 9.79. The molecule has 2 fully saturated rings. The number of rotatable bonds is 3. The van der Waals surface area contributed by atoms with E-state index in [9.17, 15) is 27.2 Å². The van der Waals surface area contributed by atoms with Crippen LogP contribution >= 0.6 is 12.2 Å². The fourth-order valence-electron chi connectivity index (χ4n) is 3.96. The fourth-order valence-corrected chi connectivity index (χ4v) is 4.43. The van der Waals surface area contributed by atoms with E-state index in [4.69, 9.17) is 27.9 Å². The van der Waals surface area contributed by atoms with Crippen LogP contribution in [0.1, 0.15) is 40.9 Å². The number of amides is 2. The second-order valence-electron chi connectivity index (χ2n) is 7.63. The number of nitrogens with zero attached hydrogens (tertiary/aromatic N) is 3.